The number of ketones is 1. The molecule has 0 bridgehead atoms. The average Bonchev–Trinajstić information content (AvgIpc) is 2.79. The number of carbonyl (C=O) groups is 1. The fourth-order valence-electron chi connectivity index (χ4n) is 2.82. The number of aliphatic hydroxyl groups is 1. The normalized spacial score (nSPS) is 22.9. The Morgan fingerprint density at radius 1 is 1.45 bits per heavy atom. The Bertz CT molecular complexity index is 461. The van der Waals surface area contributed by atoms with Crippen molar-refractivity contribution in [3.8, 4) is 5.75 Å². The highest BCUT2D eigenvalue weighted by Crippen LogP contribution is 2.23. The Balaban J connectivity index is 1.89. The number of hydrogen-bond donors (Lipinski definition) is 1. The van der Waals surface area contributed by atoms with Crippen LogP contribution in [0.2, 0.25) is 0 Å². The highest BCUT2D eigenvalue weighted by Gasteiger charge is 2.29. The van der Waals surface area contributed by atoms with E-state index in [4.69, 9.17) is 4.74 Å². The molecule has 2 atom stereocenters. The molecule has 1 aliphatic heterocycles. The quantitative estimate of drug-likeness (QED) is 0.808. The van der Waals surface area contributed by atoms with E-state index >= 15 is 0 Å². The van der Waals surface area contributed by atoms with Gasteiger partial charge in [0.1, 0.15) is 12.4 Å². The number of hydrogen-bond acceptors (Lipinski definition) is 4. The van der Waals surface area contributed by atoms with Gasteiger partial charge >= 0.3 is 0 Å². The number of nitrogens with zero attached hydrogens (tertiary/aromatic N) is 1. The first-order valence-corrected chi connectivity index (χ1v) is 7.21. The molecule has 0 radical (unpaired) electrons. The summed E-state index contributed by atoms with van der Waals surface area (Å²) in [5.41, 5.74) is 0.626. The van der Waals surface area contributed by atoms with Gasteiger partial charge in [0.15, 0.2) is 5.78 Å². The van der Waals surface area contributed by atoms with Crippen LogP contribution in [0.3, 0.4) is 0 Å². The average molecular weight is 277 g/mol. The Labute approximate surface area is 120 Å². The first-order chi connectivity index (χ1) is 9.63. The molecule has 1 aromatic rings. The molecule has 110 valence electrons. The summed E-state index contributed by atoms with van der Waals surface area (Å²) >= 11 is 0. The molecule has 4 heteroatoms. The first kappa shape index (κ1) is 15.0. The molecule has 20 heavy (non-hydrogen) atoms. The van der Waals surface area contributed by atoms with E-state index in [0.29, 0.717) is 23.8 Å². The molecule has 1 N–H and O–H groups in total. The van der Waals surface area contributed by atoms with E-state index in [0.717, 1.165) is 19.5 Å². The highest BCUT2D eigenvalue weighted by molar-refractivity contribution is 5.96. The number of rotatable bonds is 6. The fourth-order valence-corrected chi connectivity index (χ4v) is 2.82. The maximum Gasteiger partial charge on any atom is 0.163 e. The van der Waals surface area contributed by atoms with Crippen LogP contribution in [0.4, 0.5) is 0 Å². The minimum atomic E-state index is 0.0172. The summed E-state index contributed by atoms with van der Waals surface area (Å²) in [5.74, 6) is 1.20. The molecule has 0 spiro atoms. The van der Waals surface area contributed by atoms with Gasteiger partial charge in [0.2, 0.25) is 0 Å². The number of likely N-dealkylation sites (tertiary alicyclic amines) is 1. The van der Waals surface area contributed by atoms with Crippen molar-refractivity contribution >= 4 is 5.78 Å². The van der Waals surface area contributed by atoms with Gasteiger partial charge in [-0.2, -0.15) is 0 Å². The zero-order valence-electron chi connectivity index (χ0n) is 12.2. The van der Waals surface area contributed by atoms with Crippen molar-refractivity contribution in [1.82, 2.24) is 4.90 Å². The SMILES string of the molecule is CC(=O)c1ccccc1OCCN1CCC(C)C1CO. The minimum Gasteiger partial charge on any atom is -0.491 e. The predicted molar refractivity (Wildman–Crippen MR) is 78.2 cm³/mol. The molecule has 1 aliphatic rings. The molecule has 0 aliphatic carbocycles. The molecular weight excluding hydrogens is 254 g/mol. The topological polar surface area (TPSA) is 49.8 Å². The van der Waals surface area contributed by atoms with Gasteiger partial charge in [-0.25, -0.2) is 0 Å². The summed E-state index contributed by atoms with van der Waals surface area (Å²) in [6.07, 6.45) is 1.12. The molecule has 1 aromatic carbocycles. The van der Waals surface area contributed by atoms with Crippen LogP contribution in [-0.4, -0.2) is 48.1 Å². The van der Waals surface area contributed by atoms with Crippen LogP contribution in [-0.2, 0) is 0 Å². The third-order valence-electron chi connectivity index (χ3n) is 4.09. The predicted octanol–water partition coefficient (Wildman–Crippen LogP) is 1.97. The van der Waals surface area contributed by atoms with Gasteiger partial charge in [0.05, 0.1) is 12.2 Å². The van der Waals surface area contributed by atoms with Crippen LogP contribution >= 0.6 is 0 Å². The van der Waals surface area contributed by atoms with Crippen LogP contribution in [0.15, 0.2) is 24.3 Å². The van der Waals surface area contributed by atoms with Gasteiger partial charge in [-0.15, -0.1) is 0 Å². The van der Waals surface area contributed by atoms with Crippen molar-refractivity contribution in [3.05, 3.63) is 29.8 Å². The molecular formula is C16H23NO3. The molecule has 0 aromatic heterocycles. The van der Waals surface area contributed by atoms with Gasteiger partial charge in [0.25, 0.3) is 0 Å². The Hall–Kier alpha value is -1.39. The number of para-hydroxylation sites is 1. The van der Waals surface area contributed by atoms with Gasteiger partial charge < -0.3 is 9.84 Å². The lowest BCUT2D eigenvalue weighted by Gasteiger charge is -2.25. The van der Waals surface area contributed by atoms with Gasteiger partial charge in [-0.05, 0) is 37.9 Å². The lowest BCUT2D eigenvalue weighted by Crippen LogP contribution is -2.37. The number of Topliss-reactive ketones (excluding diaryl/α,β-unsaturated/α-hetero) is 1. The standard InChI is InChI=1S/C16H23NO3/c1-12-7-8-17(15(12)11-18)9-10-20-16-6-4-3-5-14(16)13(2)19/h3-6,12,15,18H,7-11H2,1-2H3. The second-order valence-corrected chi connectivity index (χ2v) is 5.45. The van der Waals surface area contributed by atoms with Gasteiger partial charge in [-0.3, -0.25) is 9.69 Å². The second-order valence-electron chi connectivity index (χ2n) is 5.45. The Morgan fingerprint density at radius 3 is 2.90 bits per heavy atom. The number of aliphatic hydroxyl groups excluding tert-OH is 1. The van der Waals surface area contributed by atoms with Crippen molar-refractivity contribution in [2.75, 3.05) is 26.3 Å². The van der Waals surface area contributed by atoms with Crippen molar-refractivity contribution < 1.29 is 14.6 Å². The van der Waals surface area contributed by atoms with Crippen molar-refractivity contribution in [2.45, 2.75) is 26.3 Å². The Kier molecular flexibility index (Phi) is 5.15. The lowest BCUT2D eigenvalue weighted by atomic mass is 10.0. The van der Waals surface area contributed by atoms with E-state index in [1.807, 2.05) is 18.2 Å². The summed E-state index contributed by atoms with van der Waals surface area (Å²) in [6, 6.07) is 7.56. The van der Waals surface area contributed by atoms with Crippen molar-refractivity contribution in [3.63, 3.8) is 0 Å². The minimum absolute atomic E-state index is 0.0172. The van der Waals surface area contributed by atoms with Crippen molar-refractivity contribution in [1.29, 1.82) is 0 Å². The van der Waals surface area contributed by atoms with Crippen LogP contribution in [0.25, 0.3) is 0 Å². The number of benzene rings is 1. The molecule has 0 saturated carbocycles. The van der Waals surface area contributed by atoms with Gasteiger partial charge in [0, 0.05) is 12.6 Å². The zero-order chi connectivity index (χ0) is 14.5. The van der Waals surface area contributed by atoms with E-state index in [9.17, 15) is 9.90 Å². The lowest BCUT2D eigenvalue weighted by molar-refractivity contribution is 0.101. The van der Waals surface area contributed by atoms with E-state index < -0.39 is 0 Å². The van der Waals surface area contributed by atoms with Crippen molar-refractivity contribution in [2.24, 2.45) is 5.92 Å². The molecule has 2 rings (SSSR count). The van der Waals surface area contributed by atoms with Crippen LogP contribution < -0.4 is 4.74 Å². The van der Waals surface area contributed by atoms with Crippen LogP contribution in [0, 0.1) is 5.92 Å². The van der Waals surface area contributed by atoms with Crippen LogP contribution in [0.1, 0.15) is 30.6 Å². The molecule has 1 saturated heterocycles. The summed E-state index contributed by atoms with van der Waals surface area (Å²) in [7, 11) is 0. The summed E-state index contributed by atoms with van der Waals surface area (Å²) in [4.78, 5) is 13.8. The number of carbonyl (C=O) groups excluding carboxylic acids is 1. The Morgan fingerprint density at radius 2 is 2.20 bits per heavy atom. The van der Waals surface area contributed by atoms with E-state index in [1.165, 1.54) is 0 Å². The molecule has 4 nitrogen and oxygen atoms in total. The van der Waals surface area contributed by atoms with E-state index in [2.05, 4.69) is 11.8 Å². The van der Waals surface area contributed by atoms with Crippen LogP contribution in [0.5, 0.6) is 5.75 Å². The fraction of sp³-hybridized carbons (Fsp3) is 0.562. The summed E-state index contributed by atoms with van der Waals surface area (Å²) < 4.78 is 5.74. The maximum absolute atomic E-state index is 11.5. The highest BCUT2D eigenvalue weighted by atomic mass is 16.5. The smallest absolute Gasteiger partial charge is 0.163 e. The largest absolute Gasteiger partial charge is 0.491 e. The molecule has 1 fully saturated rings. The number of ether oxygens (including phenoxy) is 1. The molecule has 2 unspecified atom stereocenters. The second kappa shape index (κ2) is 6.86. The monoisotopic (exact) mass is 277 g/mol. The summed E-state index contributed by atoms with van der Waals surface area (Å²) in [5, 5.41) is 9.41. The third-order valence-corrected chi connectivity index (χ3v) is 4.09. The summed E-state index contributed by atoms with van der Waals surface area (Å²) in [6.45, 7) is 6.24. The molecule has 0 amide bonds. The van der Waals surface area contributed by atoms with E-state index in [-0.39, 0.29) is 18.4 Å². The van der Waals surface area contributed by atoms with Gasteiger partial charge in [-0.1, -0.05) is 19.1 Å². The maximum atomic E-state index is 11.5. The third kappa shape index (κ3) is 3.38. The first-order valence-electron chi connectivity index (χ1n) is 7.21. The molecule has 1 heterocycles. The van der Waals surface area contributed by atoms with E-state index in [1.54, 1.807) is 13.0 Å². The zero-order valence-corrected chi connectivity index (χ0v) is 12.2.